The molecule has 1 unspecified atom stereocenters. The van der Waals surface area contributed by atoms with Crippen LogP contribution in [0.1, 0.15) is 36.1 Å². The molecule has 2 heterocycles. The maximum absolute atomic E-state index is 4.52. The third-order valence-electron chi connectivity index (χ3n) is 2.60. The molecule has 0 saturated heterocycles. The maximum atomic E-state index is 4.52. The summed E-state index contributed by atoms with van der Waals surface area (Å²) in [5.74, 6) is 0. The minimum absolute atomic E-state index is 0.405. The molecule has 2 aromatic heterocycles. The molecule has 0 saturated carbocycles. The average Bonchev–Trinajstić information content (AvgIpc) is 2.93. The standard InChI is InChI=1S/C13H18N2S2/c1-4-7-14-10(3)12-8-15-13(17-12)11-6-5-9(2)16-11/h5-6,8,10,14H,4,7H2,1-3H3. The third-order valence-corrected chi connectivity index (χ3v) is 4.95. The average molecular weight is 266 g/mol. The lowest BCUT2D eigenvalue weighted by Gasteiger charge is -2.09. The van der Waals surface area contributed by atoms with E-state index in [4.69, 9.17) is 0 Å². The highest BCUT2D eigenvalue weighted by Gasteiger charge is 2.11. The normalized spacial score (nSPS) is 12.9. The monoisotopic (exact) mass is 266 g/mol. The Morgan fingerprint density at radius 3 is 2.82 bits per heavy atom. The van der Waals surface area contributed by atoms with Crippen molar-refractivity contribution in [2.75, 3.05) is 6.54 Å². The van der Waals surface area contributed by atoms with Gasteiger partial charge >= 0.3 is 0 Å². The fraction of sp³-hybridized carbons (Fsp3) is 0.462. The van der Waals surface area contributed by atoms with E-state index in [1.807, 2.05) is 17.5 Å². The largest absolute Gasteiger partial charge is 0.309 e. The molecular weight excluding hydrogens is 248 g/mol. The first-order chi connectivity index (χ1) is 8.20. The molecule has 0 radical (unpaired) electrons. The zero-order valence-corrected chi connectivity index (χ0v) is 12.1. The molecule has 0 bridgehead atoms. The Balaban J connectivity index is 2.10. The third kappa shape index (κ3) is 3.15. The summed E-state index contributed by atoms with van der Waals surface area (Å²) in [5, 5.41) is 4.63. The molecule has 0 amide bonds. The van der Waals surface area contributed by atoms with Crippen LogP contribution in [0.3, 0.4) is 0 Å². The molecule has 0 fully saturated rings. The number of nitrogens with zero attached hydrogens (tertiary/aromatic N) is 1. The maximum Gasteiger partial charge on any atom is 0.133 e. The van der Waals surface area contributed by atoms with Crippen molar-refractivity contribution >= 4 is 22.7 Å². The molecule has 2 nitrogen and oxygen atoms in total. The molecule has 2 aromatic rings. The van der Waals surface area contributed by atoms with Crippen LogP contribution in [0, 0.1) is 6.92 Å². The van der Waals surface area contributed by atoms with Crippen LogP contribution in [0.2, 0.25) is 0 Å². The number of aryl methyl sites for hydroxylation is 1. The van der Waals surface area contributed by atoms with Crippen molar-refractivity contribution in [3.05, 3.63) is 28.1 Å². The lowest BCUT2D eigenvalue weighted by Crippen LogP contribution is -2.18. The number of hydrogen-bond acceptors (Lipinski definition) is 4. The van der Waals surface area contributed by atoms with Gasteiger partial charge in [0.2, 0.25) is 0 Å². The Kier molecular flexibility index (Phi) is 4.31. The van der Waals surface area contributed by atoms with Gasteiger partial charge in [0, 0.05) is 22.0 Å². The minimum atomic E-state index is 0.405. The Morgan fingerprint density at radius 1 is 1.35 bits per heavy atom. The van der Waals surface area contributed by atoms with Gasteiger partial charge in [0.15, 0.2) is 0 Å². The van der Waals surface area contributed by atoms with Crippen LogP contribution in [0.15, 0.2) is 18.3 Å². The summed E-state index contributed by atoms with van der Waals surface area (Å²) < 4.78 is 0. The van der Waals surface area contributed by atoms with Crippen LogP contribution < -0.4 is 5.32 Å². The topological polar surface area (TPSA) is 24.9 Å². The van der Waals surface area contributed by atoms with Crippen LogP contribution in [0.25, 0.3) is 9.88 Å². The van der Waals surface area contributed by atoms with E-state index < -0.39 is 0 Å². The summed E-state index contributed by atoms with van der Waals surface area (Å²) in [6.07, 6.45) is 3.17. The van der Waals surface area contributed by atoms with E-state index in [-0.39, 0.29) is 0 Å². The van der Waals surface area contributed by atoms with E-state index in [0.29, 0.717) is 6.04 Å². The number of rotatable bonds is 5. The van der Waals surface area contributed by atoms with Gasteiger partial charge in [-0.25, -0.2) is 4.98 Å². The van der Waals surface area contributed by atoms with E-state index >= 15 is 0 Å². The SMILES string of the molecule is CCCNC(C)c1cnc(-c2ccc(C)s2)s1. The van der Waals surface area contributed by atoms with Crippen molar-refractivity contribution in [2.24, 2.45) is 0 Å². The summed E-state index contributed by atoms with van der Waals surface area (Å²) in [6, 6.07) is 4.72. The number of hydrogen-bond donors (Lipinski definition) is 1. The van der Waals surface area contributed by atoms with Crippen LogP contribution in [0.4, 0.5) is 0 Å². The number of nitrogens with one attached hydrogen (secondary N) is 1. The summed E-state index contributed by atoms with van der Waals surface area (Å²) in [4.78, 5) is 8.46. The second-order valence-corrected chi connectivity index (χ2v) is 6.50. The summed E-state index contributed by atoms with van der Waals surface area (Å²) in [5.41, 5.74) is 0. The van der Waals surface area contributed by atoms with Gasteiger partial charge in [0.1, 0.15) is 5.01 Å². The van der Waals surface area contributed by atoms with Crippen molar-refractivity contribution in [1.29, 1.82) is 0 Å². The molecule has 0 aliphatic heterocycles. The van der Waals surface area contributed by atoms with Crippen LogP contribution in [-0.2, 0) is 0 Å². The zero-order valence-electron chi connectivity index (χ0n) is 10.5. The zero-order chi connectivity index (χ0) is 12.3. The number of thiazole rings is 1. The predicted molar refractivity (Wildman–Crippen MR) is 76.9 cm³/mol. The predicted octanol–water partition coefficient (Wildman–Crippen LogP) is 4.24. The van der Waals surface area contributed by atoms with Gasteiger partial charge in [-0.3, -0.25) is 0 Å². The highest BCUT2D eigenvalue weighted by Crippen LogP contribution is 2.32. The van der Waals surface area contributed by atoms with E-state index in [1.54, 1.807) is 11.3 Å². The fourth-order valence-corrected chi connectivity index (χ4v) is 3.48. The lowest BCUT2D eigenvalue weighted by atomic mass is 10.3. The molecule has 1 N–H and O–H groups in total. The molecule has 92 valence electrons. The molecule has 2 rings (SSSR count). The summed E-state index contributed by atoms with van der Waals surface area (Å²) >= 11 is 3.61. The molecule has 0 aliphatic rings. The minimum Gasteiger partial charge on any atom is -0.309 e. The quantitative estimate of drug-likeness (QED) is 0.875. The first-order valence-electron chi connectivity index (χ1n) is 5.96. The smallest absolute Gasteiger partial charge is 0.133 e. The van der Waals surface area contributed by atoms with Gasteiger partial charge in [-0.2, -0.15) is 0 Å². The fourth-order valence-electron chi connectivity index (χ4n) is 1.61. The highest BCUT2D eigenvalue weighted by atomic mass is 32.1. The van der Waals surface area contributed by atoms with Gasteiger partial charge in [0.25, 0.3) is 0 Å². The highest BCUT2D eigenvalue weighted by molar-refractivity contribution is 7.21. The Hall–Kier alpha value is -0.710. The summed E-state index contributed by atoms with van der Waals surface area (Å²) in [6.45, 7) is 7.58. The van der Waals surface area contributed by atoms with Gasteiger partial charge in [0.05, 0.1) is 4.88 Å². The molecule has 0 spiro atoms. The van der Waals surface area contributed by atoms with Crippen molar-refractivity contribution in [1.82, 2.24) is 10.3 Å². The van der Waals surface area contributed by atoms with E-state index in [9.17, 15) is 0 Å². The molecule has 17 heavy (non-hydrogen) atoms. The Morgan fingerprint density at radius 2 is 2.18 bits per heavy atom. The summed E-state index contributed by atoms with van der Waals surface area (Å²) in [7, 11) is 0. The second-order valence-electron chi connectivity index (χ2n) is 4.15. The molecule has 1 atom stereocenters. The van der Waals surface area contributed by atoms with Crippen LogP contribution in [0.5, 0.6) is 0 Å². The van der Waals surface area contributed by atoms with E-state index in [2.05, 4.69) is 43.2 Å². The number of thiophene rings is 1. The van der Waals surface area contributed by atoms with Gasteiger partial charge < -0.3 is 5.32 Å². The molecule has 0 aliphatic carbocycles. The molecular formula is C13H18N2S2. The van der Waals surface area contributed by atoms with Crippen molar-refractivity contribution in [3.8, 4) is 9.88 Å². The lowest BCUT2D eigenvalue weighted by molar-refractivity contribution is 0.577. The van der Waals surface area contributed by atoms with Crippen molar-refractivity contribution in [2.45, 2.75) is 33.2 Å². The first-order valence-corrected chi connectivity index (χ1v) is 7.60. The molecule has 0 aromatic carbocycles. The van der Waals surface area contributed by atoms with E-state index in [0.717, 1.165) is 11.6 Å². The van der Waals surface area contributed by atoms with Gasteiger partial charge in [-0.1, -0.05) is 6.92 Å². The van der Waals surface area contributed by atoms with Crippen LogP contribution in [-0.4, -0.2) is 11.5 Å². The number of aromatic nitrogens is 1. The first kappa shape index (κ1) is 12.7. The van der Waals surface area contributed by atoms with E-state index in [1.165, 1.54) is 21.1 Å². The van der Waals surface area contributed by atoms with Crippen LogP contribution >= 0.6 is 22.7 Å². The second kappa shape index (κ2) is 5.76. The molecule has 4 heteroatoms. The van der Waals surface area contributed by atoms with Crippen molar-refractivity contribution in [3.63, 3.8) is 0 Å². The van der Waals surface area contributed by atoms with Gasteiger partial charge in [-0.05, 0) is 38.9 Å². The Bertz CT molecular complexity index is 473. The Labute approximate surface area is 111 Å². The van der Waals surface area contributed by atoms with Gasteiger partial charge in [-0.15, -0.1) is 22.7 Å². The van der Waals surface area contributed by atoms with Crippen molar-refractivity contribution < 1.29 is 0 Å².